The maximum atomic E-state index is 12.2. The van der Waals surface area contributed by atoms with Crippen LogP contribution >= 0.6 is 24.0 Å². The summed E-state index contributed by atoms with van der Waals surface area (Å²) in [7, 11) is 0. The van der Waals surface area contributed by atoms with Crippen LogP contribution in [0, 0.1) is 0 Å². The predicted molar refractivity (Wildman–Crippen MR) is 127 cm³/mol. The van der Waals surface area contributed by atoms with Crippen LogP contribution in [0.2, 0.25) is 0 Å². The molecule has 0 unspecified atom stereocenters. The fourth-order valence-corrected chi connectivity index (χ4v) is 3.25. The van der Waals surface area contributed by atoms with Crippen molar-refractivity contribution in [3.63, 3.8) is 0 Å². The minimum Gasteiger partial charge on any atom is -0.406 e. The topological polar surface area (TPSA) is 66.1 Å². The van der Waals surface area contributed by atoms with Gasteiger partial charge >= 0.3 is 6.36 Å². The number of rotatable bonds is 7. The number of ether oxygens (including phenoxy) is 1. The van der Waals surface area contributed by atoms with Crippen LogP contribution in [0.15, 0.2) is 59.6 Å². The Hall–Kier alpha value is -2.05. The number of anilines is 1. The third-order valence-corrected chi connectivity index (χ3v) is 4.77. The summed E-state index contributed by atoms with van der Waals surface area (Å²) in [5.74, 6) is -0.0582. The molecule has 2 aromatic rings. The van der Waals surface area contributed by atoms with Gasteiger partial charge in [-0.1, -0.05) is 30.3 Å². The highest BCUT2D eigenvalue weighted by molar-refractivity contribution is 14.0. The molecule has 0 saturated carbocycles. The van der Waals surface area contributed by atoms with Crippen molar-refractivity contribution in [2.24, 2.45) is 10.7 Å². The standard InChI is InChI=1S/C21H26F3N5O.HI/c22-21(23,24)30-19-8-6-18(7-9-19)27-20(25)26-10-11-28-12-14-29(15-13-28)16-17-4-2-1-3-5-17;/h1-9H,10-16H2,(H3,25,26,27);1H. The van der Waals surface area contributed by atoms with E-state index in [1.807, 2.05) is 6.07 Å². The second kappa shape index (κ2) is 12.1. The number of benzene rings is 2. The van der Waals surface area contributed by atoms with Crippen LogP contribution in [-0.4, -0.2) is 61.4 Å². The van der Waals surface area contributed by atoms with Crippen molar-refractivity contribution in [1.82, 2.24) is 9.80 Å². The molecule has 31 heavy (non-hydrogen) atoms. The molecule has 6 nitrogen and oxygen atoms in total. The van der Waals surface area contributed by atoms with Crippen molar-refractivity contribution in [2.45, 2.75) is 12.9 Å². The van der Waals surface area contributed by atoms with Gasteiger partial charge in [0, 0.05) is 45.0 Å². The average molecular weight is 549 g/mol. The van der Waals surface area contributed by atoms with E-state index in [0.29, 0.717) is 12.2 Å². The number of nitrogens with two attached hydrogens (primary N) is 1. The quantitative estimate of drug-likeness (QED) is 0.313. The fourth-order valence-electron chi connectivity index (χ4n) is 3.25. The number of halogens is 4. The van der Waals surface area contributed by atoms with Crippen molar-refractivity contribution in [2.75, 3.05) is 44.6 Å². The molecular formula is C21H27F3IN5O. The summed E-state index contributed by atoms with van der Waals surface area (Å²) in [4.78, 5) is 9.09. The summed E-state index contributed by atoms with van der Waals surface area (Å²) in [6, 6.07) is 15.8. The van der Waals surface area contributed by atoms with Crippen molar-refractivity contribution in [3.05, 3.63) is 60.2 Å². The van der Waals surface area contributed by atoms with Gasteiger partial charge in [0.25, 0.3) is 0 Å². The molecule has 0 atom stereocenters. The van der Waals surface area contributed by atoms with Gasteiger partial charge in [-0.05, 0) is 29.8 Å². The van der Waals surface area contributed by atoms with Crippen molar-refractivity contribution in [3.8, 4) is 5.75 Å². The molecule has 1 fully saturated rings. The second-order valence-corrected chi connectivity index (χ2v) is 7.07. The van der Waals surface area contributed by atoms with E-state index in [1.54, 1.807) is 0 Å². The van der Waals surface area contributed by atoms with Gasteiger partial charge in [0.15, 0.2) is 5.96 Å². The van der Waals surface area contributed by atoms with Crippen LogP contribution < -0.4 is 15.8 Å². The maximum absolute atomic E-state index is 12.2. The number of alkyl halides is 3. The molecule has 0 amide bonds. The molecule has 1 saturated heterocycles. The first-order valence-corrected chi connectivity index (χ1v) is 9.79. The van der Waals surface area contributed by atoms with Gasteiger partial charge in [-0.15, -0.1) is 37.1 Å². The van der Waals surface area contributed by atoms with E-state index >= 15 is 0 Å². The van der Waals surface area contributed by atoms with Crippen molar-refractivity contribution >= 4 is 35.6 Å². The largest absolute Gasteiger partial charge is 0.573 e. The Balaban J connectivity index is 0.00000341. The molecule has 0 aliphatic carbocycles. The lowest BCUT2D eigenvalue weighted by atomic mass is 10.2. The highest BCUT2D eigenvalue weighted by Gasteiger charge is 2.30. The first kappa shape index (κ1) is 25.2. The monoisotopic (exact) mass is 549 g/mol. The lowest BCUT2D eigenvalue weighted by Crippen LogP contribution is -2.46. The Morgan fingerprint density at radius 3 is 2.19 bits per heavy atom. The van der Waals surface area contributed by atoms with Gasteiger partial charge in [0.2, 0.25) is 0 Å². The van der Waals surface area contributed by atoms with Crippen LogP contribution in [0.5, 0.6) is 5.75 Å². The summed E-state index contributed by atoms with van der Waals surface area (Å²) in [5.41, 5.74) is 7.74. The summed E-state index contributed by atoms with van der Waals surface area (Å²) in [5, 5.41) is 2.87. The van der Waals surface area contributed by atoms with Crippen LogP contribution in [0.4, 0.5) is 18.9 Å². The Bertz CT molecular complexity index is 810. The van der Waals surface area contributed by atoms with E-state index in [4.69, 9.17) is 5.73 Å². The number of hydrogen-bond acceptors (Lipinski definition) is 4. The van der Waals surface area contributed by atoms with Crippen LogP contribution in [0.1, 0.15) is 5.56 Å². The highest BCUT2D eigenvalue weighted by atomic mass is 127. The molecule has 1 heterocycles. The van der Waals surface area contributed by atoms with Crippen LogP contribution in [0.25, 0.3) is 0 Å². The number of hydrogen-bond donors (Lipinski definition) is 2. The van der Waals surface area contributed by atoms with Gasteiger partial charge in [-0.2, -0.15) is 0 Å². The molecule has 1 aliphatic heterocycles. The van der Waals surface area contributed by atoms with E-state index in [2.05, 4.69) is 49.1 Å². The van der Waals surface area contributed by atoms with E-state index in [0.717, 1.165) is 39.3 Å². The summed E-state index contributed by atoms with van der Waals surface area (Å²) in [6.45, 7) is 6.31. The number of piperazine rings is 1. The van der Waals surface area contributed by atoms with Gasteiger partial charge < -0.3 is 15.8 Å². The van der Waals surface area contributed by atoms with Gasteiger partial charge in [0.1, 0.15) is 5.75 Å². The maximum Gasteiger partial charge on any atom is 0.573 e. The van der Waals surface area contributed by atoms with Crippen molar-refractivity contribution < 1.29 is 17.9 Å². The first-order valence-electron chi connectivity index (χ1n) is 9.79. The minimum absolute atomic E-state index is 0. The normalized spacial score (nSPS) is 15.9. The number of nitrogens with one attached hydrogen (secondary N) is 1. The molecule has 3 N–H and O–H groups in total. The summed E-state index contributed by atoms with van der Waals surface area (Å²) >= 11 is 0. The smallest absolute Gasteiger partial charge is 0.406 e. The van der Waals surface area contributed by atoms with E-state index in [9.17, 15) is 13.2 Å². The van der Waals surface area contributed by atoms with E-state index in [1.165, 1.54) is 29.8 Å². The molecular weight excluding hydrogens is 522 g/mol. The molecule has 10 heteroatoms. The summed E-state index contributed by atoms with van der Waals surface area (Å²) in [6.07, 6.45) is -4.71. The van der Waals surface area contributed by atoms with Crippen molar-refractivity contribution in [1.29, 1.82) is 0 Å². The number of nitrogens with zero attached hydrogens (tertiary/aromatic N) is 3. The molecule has 0 radical (unpaired) electrons. The zero-order valence-corrected chi connectivity index (χ0v) is 19.3. The van der Waals surface area contributed by atoms with Crippen LogP contribution in [0.3, 0.4) is 0 Å². The SMILES string of the molecule is I.NC(=NCCN1CCN(Cc2ccccc2)CC1)Nc1ccc(OC(F)(F)F)cc1. The van der Waals surface area contributed by atoms with E-state index in [-0.39, 0.29) is 35.7 Å². The predicted octanol–water partition coefficient (Wildman–Crippen LogP) is 3.75. The molecule has 0 bridgehead atoms. The molecule has 1 aliphatic rings. The number of guanidine groups is 1. The zero-order chi connectivity index (χ0) is 21.4. The van der Waals surface area contributed by atoms with Gasteiger partial charge in [0.05, 0.1) is 6.54 Å². The highest BCUT2D eigenvalue weighted by Crippen LogP contribution is 2.23. The molecule has 2 aromatic carbocycles. The van der Waals surface area contributed by atoms with Gasteiger partial charge in [-0.3, -0.25) is 14.8 Å². The zero-order valence-electron chi connectivity index (χ0n) is 17.0. The van der Waals surface area contributed by atoms with Crippen LogP contribution in [-0.2, 0) is 6.54 Å². The number of aliphatic imine (C=N–C) groups is 1. The Labute approximate surface area is 197 Å². The first-order chi connectivity index (χ1) is 14.4. The lowest BCUT2D eigenvalue weighted by molar-refractivity contribution is -0.274. The minimum atomic E-state index is -4.71. The third-order valence-electron chi connectivity index (χ3n) is 4.77. The van der Waals surface area contributed by atoms with E-state index < -0.39 is 6.36 Å². The second-order valence-electron chi connectivity index (χ2n) is 7.07. The Morgan fingerprint density at radius 2 is 1.58 bits per heavy atom. The Morgan fingerprint density at radius 1 is 0.968 bits per heavy atom. The molecule has 3 rings (SSSR count). The third kappa shape index (κ3) is 9.32. The average Bonchev–Trinajstić information content (AvgIpc) is 2.70. The lowest BCUT2D eigenvalue weighted by Gasteiger charge is -2.34. The van der Waals surface area contributed by atoms with Gasteiger partial charge in [-0.25, -0.2) is 0 Å². The molecule has 0 aromatic heterocycles. The summed E-state index contributed by atoms with van der Waals surface area (Å²) < 4.78 is 40.4. The molecule has 0 spiro atoms. The fraction of sp³-hybridized carbons (Fsp3) is 0.381. The Kier molecular flexibility index (Phi) is 9.85. The molecule has 170 valence electrons.